The maximum Gasteiger partial charge on any atom is 0.418 e. The number of alkyl halides is 3. The Hall–Kier alpha value is -3.71. The zero-order chi connectivity index (χ0) is 26.3. The standard InChI is InChI=1S/C22H16ClF3N4O5S/c1-3-34-21(31)17-16(23)18(30(28-17)15-10-5-4-9-14(15)22(24,25)26)20-27-19(29-35-20)12-7-6-8-13(11-12)36(2,32)33/h4-11H,3H2,1-2H3. The first-order valence-corrected chi connectivity index (χ1v) is 12.5. The van der Waals surface area contributed by atoms with Crippen LogP contribution in [0.4, 0.5) is 13.2 Å². The van der Waals surface area contributed by atoms with Crippen molar-refractivity contribution in [1.82, 2.24) is 19.9 Å². The molecule has 0 spiro atoms. The molecule has 0 fully saturated rings. The summed E-state index contributed by atoms with van der Waals surface area (Å²) in [6, 6.07) is 10.2. The van der Waals surface area contributed by atoms with Gasteiger partial charge in [0.2, 0.25) is 5.82 Å². The first-order chi connectivity index (χ1) is 16.9. The third-order valence-electron chi connectivity index (χ3n) is 4.88. The molecule has 4 aromatic rings. The van der Waals surface area contributed by atoms with Crippen molar-refractivity contribution >= 4 is 27.4 Å². The number of aromatic nitrogens is 4. The fourth-order valence-corrected chi connectivity index (χ4v) is 4.23. The van der Waals surface area contributed by atoms with Crippen molar-refractivity contribution in [3.8, 4) is 28.7 Å². The van der Waals surface area contributed by atoms with Gasteiger partial charge in [0, 0.05) is 11.8 Å². The van der Waals surface area contributed by atoms with Gasteiger partial charge in [0.15, 0.2) is 21.2 Å². The van der Waals surface area contributed by atoms with Crippen molar-refractivity contribution in [1.29, 1.82) is 0 Å². The Morgan fingerprint density at radius 1 is 1.17 bits per heavy atom. The Labute approximate surface area is 207 Å². The van der Waals surface area contributed by atoms with E-state index in [1.807, 2.05) is 0 Å². The molecule has 0 unspecified atom stereocenters. The number of sulfone groups is 1. The van der Waals surface area contributed by atoms with E-state index < -0.39 is 38.9 Å². The predicted molar refractivity (Wildman–Crippen MR) is 121 cm³/mol. The number of ether oxygens (including phenoxy) is 1. The van der Waals surface area contributed by atoms with Gasteiger partial charge >= 0.3 is 12.1 Å². The molecular formula is C22H16ClF3N4O5S. The van der Waals surface area contributed by atoms with Crippen LogP contribution in [0, 0.1) is 0 Å². The minimum Gasteiger partial charge on any atom is -0.461 e. The second-order valence-electron chi connectivity index (χ2n) is 7.38. The minimum absolute atomic E-state index is 0.00174. The number of para-hydroxylation sites is 1. The van der Waals surface area contributed by atoms with Crippen LogP contribution in [0.1, 0.15) is 23.0 Å². The summed E-state index contributed by atoms with van der Waals surface area (Å²) in [5.74, 6) is -1.39. The zero-order valence-electron chi connectivity index (χ0n) is 18.6. The van der Waals surface area contributed by atoms with Crippen LogP contribution in [0.2, 0.25) is 5.02 Å². The summed E-state index contributed by atoms with van der Waals surface area (Å²) in [6.07, 6.45) is -3.73. The van der Waals surface area contributed by atoms with E-state index >= 15 is 0 Å². The lowest BCUT2D eigenvalue weighted by Crippen LogP contribution is -2.13. The molecule has 14 heteroatoms. The number of hydrogen-bond acceptors (Lipinski definition) is 8. The van der Waals surface area contributed by atoms with E-state index in [2.05, 4.69) is 15.2 Å². The summed E-state index contributed by atoms with van der Waals surface area (Å²) in [4.78, 5) is 16.6. The van der Waals surface area contributed by atoms with Crippen LogP contribution in [-0.2, 0) is 20.8 Å². The molecule has 36 heavy (non-hydrogen) atoms. The van der Waals surface area contributed by atoms with Gasteiger partial charge in [-0.25, -0.2) is 17.9 Å². The summed E-state index contributed by atoms with van der Waals surface area (Å²) in [7, 11) is -3.54. The fourth-order valence-electron chi connectivity index (χ4n) is 3.29. The van der Waals surface area contributed by atoms with E-state index in [1.165, 1.54) is 43.3 Å². The number of esters is 1. The molecule has 2 aromatic heterocycles. The highest BCUT2D eigenvalue weighted by Gasteiger charge is 2.36. The van der Waals surface area contributed by atoms with Crippen molar-refractivity contribution in [3.05, 3.63) is 64.8 Å². The monoisotopic (exact) mass is 540 g/mol. The third kappa shape index (κ3) is 4.84. The van der Waals surface area contributed by atoms with Crippen LogP contribution in [0.3, 0.4) is 0 Å². The molecule has 188 valence electrons. The maximum atomic E-state index is 13.7. The molecule has 9 nitrogen and oxygen atoms in total. The number of halogens is 4. The fraction of sp³-hybridized carbons (Fsp3) is 0.182. The molecule has 0 saturated carbocycles. The van der Waals surface area contributed by atoms with Crippen molar-refractivity contribution in [2.45, 2.75) is 18.0 Å². The van der Waals surface area contributed by atoms with E-state index in [-0.39, 0.29) is 39.5 Å². The molecule has 0 aliphatic carbocycles. The predicted octanol–water partition coefficient (Wildman–Crippen LogP) is 4.84. The van der Waals surface area contributed by atoms with Gasteiger partial charge < -0.3 is 9.26 Å². The van der Waals surface area contributed by atoms with Crippen LogP contribution in [0.25, 0.3) is 28.7 Å². The highest BCUT2D eigenvalue weighted by molar-refractivity contribution is 7.90. The summed E-state index contributed by atoms with van der Waals surface area (Å²) in [6.45, 7) is 1.51. The summed E-state index contributed by atoms with van der Waals surface area (Å²) < 4.78 is 76.0. The molecule has 0 radical (unpaired) electrons. The van der Waals surface area contributed by atoms with Gasteiger partial charge in [-0.1, -0.05) is 41.0 Å². The average Bonchev–Trinajstić information content (AvgIpc) is 3.43. The summed E-state index contributed by atoms with van der Waals surface area (Å²) in [5, 5.41) is 7.42. The van der Waals surface area contributed by atoms with E-state index in [9.17, 15) is 26.4 Å². The summed E-state index contributed by atoms with van der Waals surface area (Å²) >= 11 is 6.38. The Balaban J connectivity index is 1.92. The molecule has 0 saturated heterocycles. The Morgan fingerprint density at radius 2 is 1.89 bits per heavy atom. The third-order valence-corrected chi connectivity index (χ3v) is 6.35. The molecule has 0 aliphatic heterocycles. The first kappa shape index (κ1) is 25.4. The van der Waals surface area contributed by atoms with Crippen LogP contribution in [-0.4, -0.2) is 47.2 Å². The van der Waals surface area contributed by atoms with E-state index in [4.69, 9.17) is 20.9 Å². The number of rotatable bonds is 6. The van der Waals surface area contributed by atoms with Gasteiger partial charge in [0.1, 0.15) is 5.02 Å². The highest BCUT2D eigenvalue weighted by atomic mass is 35.5. The number of carbonyl (C=O) groups excluding carboxylic acids is 1. The second kappa shape index (κ2) is 9.39. The molecule has 2 heterocycles. The average molecular weight is 541 g/mol. The quantitative estimate of drug-likeness (QED) is 0.319. The van der Waals surface area contributed by atoms with Gasteiger partial charge in [0.05, 0.1) is 22.8 Å². The van der Waals surface area contributed by atoms with Gasteiger partial charge in [-0.2, -0.15) is 23.3 Å². The Bertz CT molecular complexity index is 1560. The lowest BCUT2D eigenvalue weighted by atomic mass is 10.1. The van der Waals surface area contributed by atoms with Gasteiger partial charge in [-0.05, 0) is 31.2 Å². The van der Waals surface area contributed by atoms with Crippen LogP contribution >= 0.6 is 11.6 Å². The largest absolute Gasteiger partial charge is 0.461 e. The highest BCUT2D eigenvalue weighted by Crippen LogP contribution is 2.38. The minimum atomic E-state index is -4.76. The lowest BCUT2D eigenvalue weighted by Gasteiger charge is -2.13. The van der Waals surface area contributed by atoms with Crippen molar-refractivity contribution < 1.29 is 35.6 Å². The van der Waals surface area contributed by atoms with E-state index in [0.717, 1.165) is 23.1 Å². The van der Waals surface area contributed by atoms with Crippen molar-refractivity contribution in [2.24, 2.45) is 0 Å². The van der Waals surface area contributed by atoms with E-state index in [1.54, 1.807) is 0 Å². The lowest BCUT2D eigenvalue weighted by molar-refractivity contribution is -0.137. The zero-order valence-corrected chi connectivity index (χ0v) is 20.1. The molecular weight excluding hydrogens is 525 g/mol. The number of benzene rings is 2. The molecule has 0 atom stereocenters. The molecule has 0 amide bonds. The van der Waals surface area contributed by atoms with Gasteiger partial charge in [-0.3, -0.25) is 0 Å². The Kier molecular flexibility index (Phi) is 6.62. The van der Waals surface area contributed by atoms with Gasteiger partial charge in [-0.15, -0.1) is 0 Å². The van der Waals surface area contributed by atoms with Crippen LogP contribution in [0.5, 0.6) is 0 Å². The molecule has 0 aliphatic rings. The second-order valence-corrected chi connectivity index (χ2v) is 9.78. The van der Waals surface area contributed by atoms with E-state index in [0.29, 0.717) is 0 Å². The molecule has 4 rings (SSSR count). The van der Waals surface area contributed by atoms with Gasteiger partial charge in [0.25, 0.3) is 5.89 Å². The van der Waals surface area contributed by atoms with Crippen molar-refractivity contribution in [3.63, 3.8) is 0 Å². The number of hydrogen-bond donors (Lipinski definition) is 0. The first-order valence-electron chi connectivity index (χ1n) is 10.2. The number of nitrogens with zero attached hydrogens (tertiary/aromatic N) is 4. The topological polar surface area (TPSA) is 117 Å². The normalized spacial score (nSPS) is 12.1. The SMILES string of the molecule is CCOC(=O)c1nn(-c2ccccc2C(F)(F)F)c(-c2nc(-c3cccc(S(C)(=O)=O)c3)no2)c1Cl. The van der Waals surface area contributed by atoms with Crippen LogP contribution < -0.4 is 0 Å². The number of carbonyl (C=O) groups is 1. The molecule has 0 bridgehead atoms. The van der Waals surface area contributed by atoms with Crippen LogP contribution in [0.15, 0.2) is 57.9 Å². The Morgan fingerprint density at radius 3 is 2.56 bits per heavy atom. The maximum absolute atomic E-state index is 13.7. The smallest absolute Gasteiger partial charge is 0.418 e. The summed E-state index contributed by atoms with van der Waals surface area (Å²) in [5.41, 5.74) is -1.98. The molecule has 0 N–H and O–H groups in total. The molecule has 2 aromatic carbocycles. The van der Waals surface area contributed by atoms with Crippen molar-refractivity contribution in [2.75, 3.05) is 12.9 Å².